The molecule has 0 spiro atoms. The molecule has 4 bridgehead atoms. The number of nitrogens with zero attached hydrogens (tertiary/aromatic N) is 2. The first-order valence-electron chi connectivity index (χ1n) is 10.0. The highest BCUT2D eigenvalue weighted by Crippen LogP contribution is 2.60. The number of carbonyl (C=O) groups is 1. The Morgan fingerprint density at radius 1 is 1.12 bits per heavy atom. The van der Waals surface area contributed by atoms with Gasteiger partial charge in [-0.2, -0.15) is 10.2 Å². The Balaban J connectivity index is 1.33. The lowest BCUT2D eigenvalue weighted by Gasteiger charge is -2.56. The number of aromatic nitrogens is 2. The summed E-state index contributed by atoms with van der Waals surface area (Å²) in [6, 6.07) is 0. The molecule has 4 saturated carbocycles. The number of hydrazone groups is 1. The van der Waals surface area contributed by atoms with E-state index < -0.39 is 0 Å². The van der Waals surface area contributed by atoms with Gasteiger partial charge in [0.15, 0.2) is 5.69 Å². The molecular weight excluding hydrogens is 312 g/mol. The number of nitrogens with one attached hydrogen (secondary N) is 2. The van der Waals surface area contributed by atoms with Gasteiger partial charge in [0.2, 0.25) is 0 Å². The van der Waals surface area contributed by atoms with Crippen LogP contribution in [0.5, 0.6) is 0 Å². The second kappa shape index (κ2) is 5.68. The Morgan fingerprint density at radius 3 is 2.44 bits per heavy atom. The smallest absolute Gasteiger partial charge is 0.281 e. The molecule has 0 unspecified atom stereocenters. The SMILES string of the molecule is C/C(=N/NC(=O)c1n[nH]c2c1CCCC2)C12CC3CC(CC(C3)C1)C2. The van der Waals surface area contributed by atoms with Crippen molar-refractivity contribution < 1.29 is 4.79 Å². The third-order valence-electron chi connectivity index (χ3n) is 7.40. The number of aryl methyl sites for hydroxylation is 1. The van der Waals surface area contributed by atoms with Crippen molar-refractivity contribution in [3.8, 4) is 0 Å². The van der Waals surface area contributed by atoms with E-state index in [1.165, 1.54) is 44.9 Å². The number of aromatic amines is 1. The molecule has 0 aromatic carbocycles. The minimum absolute atomic E-state index is 0.150. The summed E-state index contributed by atoms with van der Waals surface area (Å²) in [5, 5.41) is 11.9. The lowest BCUT2D eigenvalue weighted by atomic mass is 9.48. The van der Waals surface area contributed by atoms with Crippen molar-refractivity contribution in [2.24, 2.45) is 28.3 Å². The van der Waals surface area contributed by atoms with Crippen LogP contribution in [-0.2, 0) is 12.8 Å². The third kappa shape index (κ3) is 2.54. The van der Waals surface area contributed by atoms with Crippen molar-refractivity contribution in [1.82, 2.24) is 15.6 Å². The summed E-state index contributed by atoms with van der Waals surface area (Å²) in [7, 11) is 0. The molecule has 5 heteroatoms. The standard InChI is InChI=1S/C20H28N4O/c1-12(20-9-13-6-14(10-20)8-15(7-13)11-20)21-24-19(25)18-16-4-2-3-5-17(16)22-23-18/h13-15H,2-11H2,1H3,(H,22,23)(H,24,25)/b21-12-. The van der Waals surface area contributed by atoms with Gasteiger partial charge in [0.05, 0.1) is 0 Å². The van der Waals surface area contributed by atoms with Crippen molar-refractivity contribution in [1.29, 1.82) is 0 Å². The highest BCUT2D eigenvalue weighted by Gasteiger charge is 2.52. The Morgan fingerprint density at radius 2 is 1.76 bits per heavy atom. The predicted octanol–water partition coefficient (Wildman–Crippen LogP) is 3.61. The number of carbonyl (C=O) groups excluding carboxylic acids is 1. The van der Waals surface area contributed by atoms with Crippen molar-refractivity contribution >= 4 is 11.6 Å². The van der Waals surface area contributed by atoms with Crippen LogP contribution in [0.2, 0.25) is 0 Å². The lowest BCUT2D eigenvalue weighted by molar-refractivity contribution is -0.0128. The highest BCUT2D eigenvalue weighted by atomic mass is 16.2. The first-order valence-corrected chi connectivity index (χ1v) is 10.0. The molecule has 0 saturated heterocycles. The summed E-state index contributed by atoms with van der Waals surface area (Å²) in [5.41, 5.74) is 7.02. The topological polar surface area (TPSA) is 70.1 Å². The Hall–Kier alpha value is -1.65. The number of hydrogen-bond acceptors (Lipinski definition) is 3. The maximum atomic E-state index is 12.6. The zero-order chi connectivity index (χ0) is 17.0. The van der Waals surface area contributed by atoms with Crippen LogP contribution >= 0.6 is 0 Å². The van der Waals surface area contributed by atoms with Gasteiger partial charge in [-0.3, -0.25) is 9.89 Å². The van der Waals surface area contributed by atoms with Crippen LogP contribution in [0.15, 0.2) is 5.10 Å². The summed E-state index contributed by atoms with van der Waals surface area (Å²) in [5.74, 6) is 2.53. The van der Waals surface area contributed by atoms with Crippen LogP contribution in [-0.4, -0.2) is 21.8 Å². The van der Waals surface area contributed by atoms with Gasteiger partial charge in [-0.25, -0.2) is 5.43 Å². The summed E-state index contributed by atoms with van der Waals surface area (Å²) < 4.78 is 0. The van der Waals surface area contributed by atoms with E-state index in [9.17, 15) is 4.79 Å². The Bertz CT molecular complexity index is 697. The summed E-state index contributed by atoms with van der Waals surface area (Å²) in [6.45, 7) is 2.13. The van der Waals surface area contributed by atoms with E-state index in [1.807, 2.05) is 0 Å². The summed E-state index contributed by atoms with van der Waals surface area (Å²) in [4.78, 5) is 12.6. The predicted molar refractivity (Wildman–Crippen MR) is 96.4 cm³/mol. The van der Waals surface area contributed by atoms with E-state index in [4.69, 9.17) is 0 Å². The average molecular weight is 340 g/mol. The minimum atomic E-state index is -0.150. The zero-order valence-electron chi connectivity index (χ0n) is 15.1. The molecule has 0 atom stereocenters. The molecule has 25 heavy (non-hydrogen) atoms. The molecule has 1 amide bonds. The monoisotopic (exact) mass is 340 g/mol. The van der Waals surface area contributed by atoms with Gasteiger partial charge >= 0.3 is 0 Å². The van der Waals surface area contributed by atoms with Crippen LogP contribution in [0.1, 0.15) is 80.0 Å². The Kier molecular flexibility index (Phi) is 3.54. The van der Waals surface area contributed by atoms with Gasteiger partial charge in [0.1, 0.15) is 0 Å². The normalized spacial score (nSPS) is 36.4. The number of rotatable bonds is 3. The maximum absolute atomic E-state index is 12.6. The van der Waals surface area contributed by atoms with E-state index >= 15 is 0 Å². The number of hydrogen-bond donors (Lipinski definition) is 2. The first kappa shape index (κ1) is 15.6. The number of amides is 1. The summed E-state index contributed by atoms with van der Waals surface area (Å²) >= 11 is 0. The Labute approximate surface area is 149 Å². The van der Waals surface area contributed by atoms with E-state index in [2.05, 4.69) is 27.6 Å². The average Bonchev–Trinajstić information content (AvgIpc) is 3.02. The van der Waals surface area contributed by atoms with Crippen LogP contribution in [0, 0.1) is 23.2 Å². The van der Waals surface area contributed by atoms with Crippen molar-refractivity contribution in [2.75, 3.05) is 0 Å². The molecule has 4 fully saturated rings. The van der Waals surface area contributed by atoms with Gasteiger partial charge in [-0.15, -0.1) is 0 Å². The third-order valence-corrected chi connectivity index (χ3v) is 7.40. The summed E-state index contributed by atoms with van der Waals surface area (Å²) in [6.07, 6.45) is 12.4. The van der Waals surface area contributed by atoms with Crippen LogP contribution in [0.3, 0.4) is 0 Å². The molecule has 0 radical (unpaired) electrons. The first-order chi connectivity index (χ1) is 12.1. The second-order valence-corrected chi connectivity index (χ2v) is 9.07. The van der Waals surface area contributed by atoms with E-state index in [0.29, 0.717) is 5.69 Å². The highest BCUT2D eigenvalue weighted by molar-refractivity contribution is 5.96. The van der Waals surface area contributed by atoms with Gasteiger partial charge < -0.3 is 0 Å². The largest absolute Gasteiger partial charge is 0.292 e. The van der Waals surface area contributed by atoms with E-state index in [-0.39, 0.29) is 11.3 Å². The molecule has 134 valence electrons. The molecule has 5 aliphatic carbocycles. The molecule has 5 aliphatic rings. The van der Waals surface area contributed by atoms with Crippen LogP contribution < -0.4 is 5.43 Å². The van der Waals surface area contributed by atoms with Crippen molar-refractivity contribution in [2.45, 2.75) is 71.1 Å². The lowest BCUT2D eigenvalue weighted by Crippen LogP contribution is -2.49. The molecule has 1 aromatic heterocycles. The molecule has 6 rings (SSSR count). The molecule has 1 aromatic rings. The van der Waals surface area contributed by atoms with E-state index in [1.54, 1.807) is 0 Å². The van der Waals surface area contributed by atoms with Gasteiger partial charge in [-0.1, -0.05) is 0 Å². The molecule has 2 N–H and O–H groups in total. The quantitative estimate of drug-likeness (QED) is 0.652. The van der Waals surface area contributed by atoms with Crippen LogP contribution in [0.25, 0.3) is 0 Å². The van der Waals surface area contributed by atoms with Crippen molar-refractivity contribution in [3.05, 3.63) is 17.0 Å². The maximum Gasteiger partial charge on any atom is 0.292 e. The van der Waals surface area contributed by atoms with Gasteiger partial charge in [-0.05, 0) is 88.9 Å². The fourth-order valence-corrected chi connectivity index (χ4v) is 6.53. The molecule has 0 aliphatic heterocycles. The van der Waals surface area contributed by atoms with Crippen LogP contribution in [0.4, 0.5) is 0 Å². The van der Waals surface area contributed by atoms with Gasteiger partial charge in [0, 0.05) is 22.4 Å². The zero-order valence-corrected chi connectivity index (χ0v) is 15.1. The molecule has 5 nitrogen and oxygen atoms in total. The van der Waals surface area contributed by atoms with Crippen molar-refractivity contribution in [3.63, 3.8) is 0 Å². The van der Waals surface area contributed by atoms with Gasteiger partial charge in [0.25, 0.3) is 5.91 Å². The number of H-pyrrole nitrogens is 1. The van der Waals surface area contributed by atoms with E-state index in [0.717, 1.165) is 54.0 Å². The number of fused-ring (bicyclic) bond motifs is 1. The molecular formula is C20H28N4O. The molecule has 1 heterocycles. The minimum Gasteiger partial charge on any atom is -0.281 e. The second-order valence-electron chi connectivity index (χ2n) is 9.07. The fraction of sp³-hybridized carbons (Fsp3) is 0.750. The fourth-order valence-electron chi connectivity index (χ4n) is 6.53.